The van der Waals surface area contributed by atoms with Crippen LogP contribution in [0.3, 0.4) is 0 Å². The minimum Gasteiger partial charge on any atom is -0.220 e. The van der Waals surface area contributed by atoms with Crippen LogP contribution in [0.4, 0.5) is 0 Å². The monoisotopic (exact) mass is 289 g/mol. The van der Waals surface area contributed by atoms with Crippen LogP contribution in [0, 0.1) is 0 Å². The minimum absolute atomic E-state index is 0.831. The number of rotatable bonds is 5. The van der Waals surface area contributed by atoms with Gasteiger partial charge in [0, 0.05) is 5.56 Å². The molecule has 0 fully saturated rings. The van der Waals surface area contributed by atoms with Gasteiger partial charge in [0.05, 0.1) is 11.9 Å². The lowest BCUT2D eigenvalue weighted by Crippen LogP contribution is -1.98. The maximum atomic E-state index is 4.23. The molecule has 1 heterocycles. The van der Waals surface area contributed by atoms with Gasteiger partial charge in [0.25, 0.3) is 0 Å². The molecule has 3 aromatic rings. The molecule has 0 N–H and O–H groups in total. The average molecular weight is 289 g/mol. The van der Waals surface area contributed by atoms with Crippen molar-refractivity contribution >= 4 is 5.70 Å². The summed E-state index contributed by atoms with van der Waals surface area (Å²) >= 11 is 0. The van der Waals surface area contributed by atoms with Crippen molar-refractivity contribution in [1.29, 1.82) is 0 Å². The molecule has 0 atom stereocenters. The van der Waals surface area contributed by atoms with Crippen molar-refractivity contribution in [1.82, 2.24) is 15.0 Å². The fourth-order valence-electron chi connectivity index (χ4n) is 2.42. The number of hydrogen-bond donors (Lipinski definition) is 0. The lowest BCUT2D eigenvalue weighted by Gasteiger charge is -2.06. The van der Waals surface area contributed by atoms with E-state index < -0.39 is 0 Å². The second-order valence-electron chi connectivity index (χ2n) is 5.31. The molecule has 0 aliphatic rings. The quantitative estimate of drug-likeness (QED) is 0.696. The first-order valence-electron chi connectivity index (χ1n) is 7.54. The molecule has 0 bridgehead atoms. The standard InChI is InChI=1S/C19H19N3/c1-3-7-16-10-12-17(13-11-16)15(2)22-14-19(20-21-22)18-8-5-4-6-9-18/h4-6,8-14H,2-3,7H2,1H3. The summed E-state index contributed by atoms with van der Waals surface area (Å²) in [4.78, 5) is 0. The summed E-state index contributed by atoms with van der Waals surface area (Å²) in [6.07, 6.45) is 4.18. The maximum Gasteiger partial charge on any atom is 0.113 e. The van der Waals surface area contributed by atoms with E-state index in [1.807, 2.05) is 36.5 Å². The molecule has 0 unspecified atom stereocenters. The number of benzene rings is 2. The van der Waals surface area contributed by atoms with Gasteiger partial charge in [0.2, 0.25) is 0 Å². The Labute approximate surface area is 130 Å². The highest BCUT2D eigenvalue weighted by molar-refractivity contribution is 5.65. The van der Waals surface area contributed by atoms with E-state index in [1.54, 1.807) is 4.68 Å². The Bertz CT molecular complexity index is 755. The first-order chi connectivity index (χ1) is 10.8. The van der Waals surface area contributed by atoms with Crippen LogP contribution in [-0.4, -0.2) is 15.0 Å². The topological polar surface area (TPSA) is 30.7 Å². The van der Waals surface area contributed by atoms with Gasteiger partial charge in [-0.2, -0.15) is 0 Å². The fraction of sp³-hybridized carbons (Fsp3) is 0.158. The number of aromatic nitrogens is 3. The molecule has 1 aromatic heterocycles. The van der Waals surface area contributed by atoms with E-state index in [4.69, 9.17) is 0 Å². The Kier molecular flexibility index (Phi) is 4.15. The normalized spacial score (nSPS) is 10.6. The van der Waals surface area contributed by atoms with Crippen molar-refractivity contribution in [3.8, 4) is 11.3 Å². The van der Waals surface area contributed by atoms with Gasteiger partial charge in [0.15, 0.2) is 0 Å². The molecule has 3 nitrogen and oxygen atoms in total. The van der Waals surface area contributed by atoms with Crippen LogP contribution in [0.5, 0.6) is 0 Å². The van der Waals surface area contributed by atoms with Crippen molar-refractivity contribution in [2.75, 3.05) is 0 Å². The largest absolute Gasteiger partial charge is 0.220 e. The van der Waals surface area contributed by atoms with Gasteiger partial charge in [0.1, 0.15) is 5.69 Å². The third-order valence-electron chi connectivity index (χ3n) is 3.67. The first-order valence-corrected chi connectivity index (χ1v) is 7.54. The van der Waals surface area contributed by atoms with Gasteiger partial charge in [-0.05, 0) is 17.5 Å². The zero-order valence-corrected chi connectivity index (χ0v) is 12.7. The van der Waals surface area contributed by atoms with Crippen molar-refractivity contribution in [2.45, 2.75) is 19.8 Å². The van der Waals surface area contributed by atoms with Crippen LogP contribution < -0.4 is 0 Å². The van der Waals surface area contributed by atoms with Gasteiger partial charge in [-0.3, -0.25) is 0 Å². The number of nitrogens with zero attached hydrogens (tertiary/aromatic N) is 3. The van der Waals surface area contributed by atoms with E-state index in [9.17, 15) is 0 Å². The molecule has 3 rings (SSSR count). The molecule has 0 amide bonds. The number of aryl methyl sites for hydroxylation is 1. The van der Waals surface area contributed by atoms with E-state index in [0.29, 0.717) is 0 Å². The molecule has 0 saturated heterocycles. The van der Waals surface area contributed by atoms with E-state index in [-0.39, 0.29) is 0 Å². The third-order valence-corrected chi connectivity index (χ3v) is 3.67. The van der Waals surface area contributed by atoms with Crippen LogP contribution >= 0.6 is 0 Å². The zero-order chi connectivity index (χ0) is 15.4. The summed E-state index contributed by atoms with van der Waals surface area (Å²) in [5.74, 6) is 0. The SMILES string of the molecule is C=C(c1ccc(CCC)cc1)n1cc(-c2ccccc2)nn1. The maximum absolute atomic E-state index is 4.23. The van der Waals surface area contributed by atoms with E-state index >= 15 is 0 Å². The molecule has 22 heavy (non-hydrogen) atoms. The smallest absolute Gasteiger partial charge is 0.113 e. The average Bonchev–Trinajstić information content (AvgIpc) is 3.06. The lowest BCUT2D eigenvalue weighted by molar-refractivity contribution is 0.822. The van der Waals surface area contributed by atoms with Crippen molar-refractivity contribution < 1.29 is 0 Å². The number of hydrogen-bond acceptors (Lipinski definition) is 2. The second-order valence-corrected chi connectivity index (χ2v) is 5.31. The molecule has 0 spiro atoms. The summed E-state index contributed by atoms with van der Waals surface area (Å²) in [7, 11) is 0. The molecule has 3 heteroatoms. The van der Waals surface area contributed by atoms with Gasteiger partial charge in [-0.1, -0.05) is 79.7 Å². The lowest BCUT2D eigenvalue weighted by atomic mass is 10.1. The van der Waals surface area contributed by atoms with Gasteiger partial charge < -0.3 is 0 Å². The summed E-state index contributed by atoms with van der Waals surface area (Å²) in [5.41, 5.74) is 5.15. The third kappa shape index (κ3) is 2.98. The summed E-state index contributed by atoms with van der Waals surface area (Å²) in [6, 6.07) is 18.5. The van der Waals surface area contributed by atoms with Crippen LogP contribution in [0.25, 0.3) is 17.0 Å². The Hall–Kier alpha value is -2.68. The molecule has 110 valence electrons. The van der Waals surface area contributed by atoms with Crippen molar-refractivity contribution in [3.63, 3.8) is 0 Å². The summed E-state index contributed by atoms with van der Waals surface area (Å²) in [6.45, 7) is 6.33. The first kappa shape index (κ1) is 14.3. The van der Waals surface area contributed by atoms with Crippen LogP contribution in [0.15, 0.2) is 67.4 Å². The molecule has 2 aromatic carbocycles. The predicted molar refractivity (Wildman–Crippen MR) is 90.3 cm³/mol. The molecule has 0 radical (unpaired) electrons. The summed E-state index contributed by atoms with van der Waals surface area (Å²) in [5, 5.41) is 8.43. The molecule has 0 aliphatic heterocycles. The molecule has 0 saturated carbocycles. The van der Waals surface area contributed by atoms with E-state index in [2.05, 4.69) is 48.1 Å². The highest BCUT2D eigenvalue weighted by Gasteiger charge is 2.07. The minimum atomic E-state index is 0.831. The molecule has 0 aliphatic carbocycles. The van der Waals surface area contributed by atoms with E-state index in [0.717, 1.165) is 35.4 Å². The fourth-order valence-corrected chi connectivity index (χ4v) is 2.42. The Morgan fingerprint density at radius 3 is 2.45 bits per heavy atom. The Morgan fingerprint density at radius 1 is 1.05 bits per heavy atom. The zero-order valence-electron chi connectivity index (χ0n) is 12.7. The summed E-state index contributed by atoms with van der Waals surface area (Å²) < 4.78 is 1.73. The van der Waals surface area contributed by atoms with Crippen LogP contribution in [0.2, 0.25) is 0 Å². The van der Waals surface area contributed by atoms with Crippen LogP contribution in [-0.2, 0) is 6.42 Å². The highest BCUT2D eigenvalue weighted by Crippen LogP contribution is 2.20. The van der Waals surface area contributed by atoms with Crippen molar-refractivity contribution in [2.24, 2.45) is 0 Å². The van der Waals surface area contributed by atoms with Gasteiger partial charge >= 0.3 is 0 Å². The Morgan fingerprint density at radius 2 is 1.77 bits per heavy atom. The Balaban J connectivity index is 1.82. The predicted octanol–water partition coefficient (Wildman–Crippen LogP) is 4.42. The van der Waals surface area contributed by atoms with Gasteiger partial charge in [-0.25, -0.2) is 4.68 Å². The molecular weight excluding hydrogens is 270 g/mol. The van der Waals surface area contributed by atoms with Gasteiger partial charge in [-0.15, -0.1) is 5.10 Å². The van der Waals surface area contributed by atoms with E-state index in [1.165, 1.54) is 5.56 Å². The van der Waals surface area contributed by atoms with Crippen LogP contribution in [0.1, 0.15) is 24.5 Å². The molecular formula is C19H19N3. The second kappa shape index (κ2) is 6.39. The highest BCUT2D eigenvalue weighted by atomic mass is 15.4. The van der Waals surface area contributed by atoms with Crippen molar-refractivity contribution in [3.05, 3.63) is 78.5 Å².